The number of rotatable bonds is 1. The molecule has 1 aromatic carbocycles. The van der Waals surface area contributed by atoms with Gasteiger partial charge in [0.25, 0.3) is 5.91 Å². The Kier molecular flexibility index (Phi) is 4.34. The molecule has 1 amide bonds. The third-order valence-electron chi connectivity index (χ3n) is 3.09. The first-order chi connectivity index (χ1) is 9.08. The monoisotopic (exact) mass is 403 g/mol. The van der Waals surface area contributed by atoms with Crippen LogP contribution in [0.15, 0.2) is 27.1 Å². The third kappa shape index (κ3) is 3.83. The number of halogens is 2. The summed E-state index contributed by atoms with van der Waals surface area (Å²) in [6.45, 7) is 9.27. The molecular weight excluding hydrogens is 386 g/mol. The first-order valence-corrected chi connectivity index (χ1v) is 8.12. The van der Waals surface area contributed by atoms with Crippen molar-refractivity contribution < 1.29 is 9.53 Å². The number of hydrogen-bond donors (Lipinski definition) is 0. The Morgan fingerprint density at radius 2 is 1.50 bits per heavy atom. The maximum atomic E-state index is 12.7. The highest BCUT2D eigenvalue weighted by Crippen LogP contribution is 2.30. The lowest BCUT2D eigenvalue weighted by Crippen LogP contribution is -2.58. The molecule has 20 heavy (non-hydrogen) atoms. The van der Waals surface area contributed by atoms with Crippen molar-refractivity contribution in [2.45, 2.75) is 38.9 Å². The quantitative estimate of drug-likeness (QED) is 0.700. The predicted molar refractivity (Wildman–Crippen MR) is 87.0 cm³/mol. The minimum atomic E-state index is -0.333. The third-order valence-corrected chi connectivity index (χ3v) is 4.01. The van der Waals surface area contributed by atoms with E-state index < -0.39 is 0 Å². The molecule has 1 fully saturated rings. The first kappa shape index (κ1) is 16.0. The lowest BCUT2D eigenvalue weighted by molar-refractivity contribution is -0.171. The van der Waals surface area contributed by atoms with Crippen molar-refractivity contribution in [3.8, 4) is 0 Å². The fourth-order valence-electron chi connectivity index (χ4n) is 2.79. The Labute approximate surface area is 136 Å². The van der Waals surface area contributed by atoms with E-state index in [1.807, 2.05) is 50.8 Å². The van der Waals surface area contributed by atoms with Crippen molar-refractivity contribution in [2.24, 2.45) is 0 Å². The van der Waals surface area contributed by atoms with Crippen LogP contribution in [-0.4, -0.2) is 35.1 Å². The normalized spacial score (nSPS) is 20.8. The molecule has 0 unspecified atom stereocenters. The summed E-state index contributed by atoms with van der Waals surface area (Å²) in [5.74, 6) is 0.0384. The summed E-state index contributed by atoms with van der Waals surface area (Å²) < 4.78 is 7.79. The van der Waals surface area contributed by atoms with Gasteiger partial charge in [-0.05, 0) is 45.9 Å². The van der Waals surface area contributed by atoms with Gasteiger partial charge in [-0.3, -0.25) is 4.79 Å². The number of nitrogens with zero attached hydrogens (tertiary/aromatic N) is 1. The lowest BCUT2D eigenvalue weighted by atomic mass is 9.98. The van der Waals surface area contributed by atoms with E-state index in [4.69, 9.17) is 4.74 Å². The zero-order valence-electron chi connectivity index (χ0n) is 12.2. The highest BCUT2D eigenvalue weighted by molar-refractivity contribution is 9.11. The van der Waals surface area contributed by atoms with Crippen LogP contribution in [0.25, 0.3) is 0 Å². The Morgan fingerprint density at radius 3 is 1.95 bits per heavy atom. The molecule has 1 aliphatic heterocycles. The molecule has 2 rings (SSSR count). The van der Waals surface area contributed by atoms with Crippen LogP contribution in [0.1, 0.15) is 38.1 Å². The molecule has 0 radical (unpaired) electrons. The van der Waals surface area contributed by atoms with Gasteiger partial charge < -0.3 is 9.64 Å². The van der Waals surface area contributed by atoms with E-state index in [0.717, 1.165) is 8.95 Å². The van der Waals surface area contributed by atoms with Crippen LogP contribution in [0.5, 0.6) is 0 Å². The summed E-state index contributed by atoms with van der Waals surface area (Å²) in [7, 11) is 0. The van der Waals surface area contributed by atoms with E-state index >= 15 is 0 Å². The van der Waals surface area contributed by atoms with E-state index in [0.29, 0.717) is 18.7 Å². The Hall–Kier alpha value is -0.390. The lowest BCUT2D eigenvalue weighted by Gasteiger charge is -2.47. The number of benzene rings is 1. The van der Waals surface area contributed by atoms with Gasteiger partial charge >= 0.3 is 0 Å². The van der Waals surface area contributed by atoms with Crippen LogP contribution in [0.4, 0.5) is 0 Å². The van der Waals surface area contributed by atoms with Crippen LogP contribution < -0.4 is 0 Å². The average Bonchev–Trinajstić information content (AvgIpc) is 2.22. The van der Waals surface area contributed by atoms with Gasteiger partial charge in [-0.2, -0.15) is 0 Å². The standard InChI is InChI=1S/C15H19Br2NO2/c1-14(2)8-18(9-15(3,4)20-14)13(19)10-5-11(16)7-12(17)6-10/h5-7H,8-9H2,1-4H3. The first-order valence-electron chi connectivity index (χ1n) is 6.54. The highest BCUT2D eigenvalue weighted by Gasteiger charge is 2.40. The topological polar surface area (TPSA) is 29.5 Å². The zero-order valence-corrected chi connectivity index (χ0v) is 15.3. The van der Waals surface area contributed by atoms with Gasteiger partial charge in [-0.1, -0.05) is 31.9 Å². The van der Waals surface area contributed by atoms with Crippen molar-refractivity contribution in [1.82, 2.24) is 4.90 Å². The van der Waals surface area contributed by atoms with Gasteiger partial charge in [-0.25, -0.2) is 0 Å². The molecule has 1 aromatic rings. The van der Waals surface area contributed by atoms with E-state index in [-0.39, 0.29) is 17.1 Å². The Bertz CT molecular complexity index is 504. The van der Waals surface area contributed by atoms with Crippen molar-refractivity contribution >= 4 is 37.8 Å². The van der Waals surface area contributed by atoms with Crippen molar-refractivity contribution in [3.63, 3.8) is 0 Å². The van der Waals surface area contributed by atoms with Gasteiger partial charge in [0.2, 0.25) is 0 Å². The smallest absolute Gasteiger partial charge is 0.254 e. The van der Waals surface area contributed by atoms with Gasteiger partial charge in [-0.15, -0.1) is 0 Å². The highest BCUT2D eigenvalue weighted by atomic mass is 79.9. The molecule has 0 bridgehead atoms. The van der Waals surface area contributed by atoms with Crippen molar-refractivity contribution in [2.75, 3.05) is 13.1 Å². The average molecular weight is 405 g/mol. The fraction of sp³-hybridized carbons (Fsp3) is 0.533. The Balaban J connectivity index is 2.28. The molecule has 1 saturated heterocycles. The molecular formula is C15H19Br2NO2. The molecule has 0 atom stereocenters. The van der Waals surface area contributed by atoms with Gasteiger partial charge in [0.15, 0.2) is 0 Å². The summed E-state index contributed by atoms with van der Waals surface area (Å²) in [6.07, 6.45) is 0. The van der Waals surface area contributed by atoms with Crippen LogP contribution in [0, 0.1) is 0 Å². The maximum absolute atomic E-state index is 12.7. The summed E-state index contributed by atoms with van der Waals surface area (Å²) in [4.78, 5) is 14.6. The molecule has 0 spiro atoms. The molecule has 0 aromatic heterocycles. The summed E-state index contributed by atoms with van der Waals surface area (Å²) in [5.41, 5.74) is 0.0150. The fourth-order valence-corrected chi connectivity index (χ4v) is 4.08. The molecule has 110 valence electrons. The van der Waals surface area contributed by atoms with E-state index in [2.05, 4.69) is 31.9 Å². The van der Waals surface area contributed by atoms with E-state index in [1.165, 1.54) is 0 Å². The molecule has 5 heteroatoms. The zero-order chi connectivity index (χ0) is 15.1. The summed E-state index contributed by atoms with van der Waals surface area (Å²) in [5, 5.41) is 0. The number of carbonyl (C=O) groups is 1. The number of amides is 1. The molecule has 1 aliphatic rings. The van der Waals surface area contributed by atoms with Gasteiger partial charge in [0, 0.05) is 27.6 Å². The minimum absolute atomic E-state index is 0.0384. The number of carbonyl (C=O) groups excluding carboxylic acids is 1. The maximum Gasteiger partial charge on any atom is 0.254 e. The van der Waals surface area contributed by atoms with Gasteiger partial charge in [0.05, 0.1) is 11.2 Å². The number of morpholine rings is 1. The van der Waals surface area contributed by atoms with Crippen LogP contribution in [0.2, 0.25) is 0 Å². The van der Waals surface area contributed by atoms with Gasteiger partial charge in [0.1, 0.15) is 0 Å². The Morgan fingerprint density at radius 1 is 1.05 bits per heavy atom. The van der Waals surface area contributed by atoms with E-state index in [1.54, 1.807) is 0 Å². The summed E-state index contributed by atoms with van der Waals surface area (Å²) in [6, 6.07) is 5.62. The second-order valence-corrected chi connectivity index (χ2v) is 8.27. The van der Waals surface area contributed by atoms with E-state index in [9.17, 15) is 4.79 Å². The number of ether oxygens (including phenoxy) is 1. The minimum Gasteiger partial charge on any atom is -0.366 e. The van der Waals surface area contributed by atoms with Crippen LogP contribution in [0.3, 0.4) is 0 Å². The molecule has 0 N–H and O–H groups in total. The second kappa shape index (κ2) is 5.43. The molecule has 3 nitrogen and oxygen atoms in total. The largest absolute Gasteiger partial charge is 0.366 e. The number of hydrogen-bond acceptors (Lipinski definition) is 2. The van der Waals surface area contributed by atoms with Crippen molar-refractivity contribution in [1.29, 1.82) is 0 Å². The van der Waals surface area contributed by atoms with Crippen LogP contribution >= 0.6 is 31.9 Å². The SMILES string of the molecule is CC1(C)CN(C(=O)c2cc(Br)cc(Br)c2)CC(C)(C)O1. The predicted octanol–water partition coefficient (Wildman–Crippen LogP) is 4.24. The molecule has 1 heterocycles. The second-order valence-electron chi connectivity index (χ2n) is 6.44. The molecule has 0 saturated carbocycles. The van der Waals surface area contributed by atoms with Crippen molar-refractivity contribution in [3.05, 3.63) is 32.7 Å². The molecule has 0 aliphatic carbocycles. The summed E-state index contributed by atoms with van der Waals surface area (Å²) >= 11 is 6.85. The van der Waals surface area contributed by atoms with Crippen LogP contribution in [-0.2, 0) is 4.74 Å².